The molecule has 4 nitrogen and oxygen atoms in total. The number of ether oxygens (including phenoxy) is 2. The average Bonchev–Trinajstić information content (AvgIpc) is 2.75. The van der Waals surface area contributed by atoms with Crippen molar-refractivity contribution in [2.45, 2.75) is 149 Å². The lowest BCUT2D eigenvalue weighted by Gasteiger charge is -2.29. The molecule has 5 heteroatoms. The van der Waals surface area contributed by atoms with Crippen LogP contribution in [-0.2, 0) is 19.1 Å². The molecule has 0 aromatic carbocycles. The minimum absolute atomic E-state index is 0.179. The Morgan fingerprint density at radius 2 is 1.00 bits per heavy atom. The third-order valence-electron chi connectivity index (χ3n) is 6.26. The zero-order chi connectivity index (χ0) is 25.0. The van der Waals surface area contributed by atoms with Crippen LogP contribution in [0, 0.1) is 5.41 Å². The molecule has 33 heavy (non-hydrogen) atoms. The first-order valence-electron chi connectivity index (χ1n) is 13.7. The van der Waals surface area contributed by atoms with Crippen LogP contribution in [0.25, 0.3) is 0 Å². The maximum atomic E-state index is 12.4. The number of esters is 2. The number of hydrogen-bond acceptors (Lipinski definition) is 4. The summed E-state index contributed by atoms with van der Waals surface area (Å²) in [6.45, 7) is 9.84. The quantitative estimate of drug-likeness (QED) is 0.0867. The number of rotatable bonds is 22. The van der Waals surface area contributed by atoms with Crippen LogP contribution >= 0.6 is 11.6 Å². The second-order valence-electron chi connectivity index (χ2n) is 10.4. The summed E-state index contributed by atoms with van der Waals surface area (Å²) in [6, 6.07) is 0. The molecule has 0 N–H and O–H groups in total. The molecule has 0 rings (SSSR count). The van der Waals surface area contributed by atoms with Crippen molar-refractivity contribution in [3.05, 3.63) is 0 Å². The van der Waals surface area contributed by atoms with E-state index in [1.807, 2.05) is 0 Å². The summed E-state index contributed by atoms with van der Waals surface area (Å²) in [7, 11) is 0. The molecule has 0 amide bonds. The van der Waals surface area contributed by atoms with Crippen LogP contribution in [0.2, 0.25) is 0 Å². The van der Waals surface area contributed by atoms with Gasteiger partial charge in [-0.05, 0) is 40.5 Å². The molecular weight excluding hydrogens is 436 g/mol. The van der Waals surface area contributed by atoms with E-state index in [2.05, 4.69) is 6.92 Å². The maximum absolute atomic E-state index is 12.4. The van der Waals surface area contributed by atoms with Crippen LogP contribution in [0.5, 0.6) is 0 Å². The van der Waals surface area contributed by atoms with Gasteiger partial charge in [-0.3, -0.25) is 9.59 Å². The third-order valence-corrected chi connectivity index (χ3v) is 6.55. The van der Waals surface area contributed by atoms with Gasteiger partial charge in [-0.2, -0.15) is 0 Å². The SMILES string of the molecule is CCCCCCCCCCCCCCCCCCOC(=O)C(C)(Cl)CC(C)(C)C(=O)OCC. The smallest absolute Gasteiger partial charge is 0.326 e. The molecule has 0 spiro atoms. The number of hydrogen-bond donors (Lipinski definition) is 0. The third kappa shape index (κ3) is 17.3. The van der Waals surface area contributed by atoms with Crippen LogP contribution in [0.4, 0.5) is 0 Å². The highest BCUT2D eigenvalue weighted by Gasteiger charge is 2.42. The topological polar surface area (TPSA) is 52.6 Å². The first-order chi connectivity index (χ1) is 15.7. The van der Waals surface area contributed by atoms with Crippen molar-refractivity contribution in [3.63, 3.8) is 0 Å². The van der Waals surface area contributed by atoms with E-state index in [-0.39, 0.29) is 12.4 Å². The van der Waals surface area contributed by atoms with Gasteiger partial charge in [0.1, 0.15) is 4.87 Å². The molecule has 0 heterocycles. The van der Waals surface area contributed by atoms with Crippen LogP contribution in [0.1, 0.15) is 144 Å². The first-order valence-corrected chi connectivity index (χ1v) is 14.1. The molecule has 0 aliphatic rings. The molecule has 0 aliphatic carbocycles. The number of carbonyl (C=O) groups is 2. The zero-order valence-electron chi connectivity index (χ0n) is 22.4. The summed E-state index contributed by atoms with van der Waals surface area (Å²) in [6.07, 6.45) is 21.2. The normalized spacial score (nSPS) is 13.5. The van der Waals surface area contributed by atoms with Crippen molar-refractivity contribution in [3.8, 4) is 0 Å². The summed E-state index contributed by atoms with van der Waals surface area (Å²) >= 11 is 6.41. The standard InChI is InChI=1S/C28H53ClO4/c1-6-8-9-10-11-12-13-14-15-16-17-18-19-20-21-22-23-33-26(31)28(5,29)24-27(3,4)25(30)32-7-2/h6-24H2,1-5H3. The Balaban J connectivity index is 3.63. The van der Waals surface area contributed by atoms with E-state index >= 15 is 0 Å². The molecule has 1 atom stereocenters. The van der Waals surface area contributed by atoms with Crippen molar-refractivity contribution in [2.24, 2.45) is 5.41 Å². The Kier molecular flexibility index (Phi) is 19.1. The number of carbonyl (C=O) groups excluding carboxylic acids is 2. The van der Waals surface area contributed by atoms with Gasteiger partial charge in [-0.1, -0.05) is 103 Å². The van der Waals surface area contributed by atoms with Crippen molar-refractivity contribution < 1.29 is 19.1 Å². The lowest BCUT2D eigenvalue weighted by Crippen LogP contribution is -2.40. The highest BCUT2D eigenvalue weighted by atomic mass is 35.5. The molecular formula is C28H53ClO4. The summed E-state index contributed by atoms with van der Waals surface area (Å²) in [5, 5.41) is 0. The summed E-state index contributed by atoms with van der Waals surface area (Å²) in [5.41, 5.74) is -0.834. The average molecular weight is 489 g/mol. The second-order valence-corrected chi connectivity index (χ2v) is 11.3. The van der Waals surface area contributed by atoms with Crippen LogP contribution < -0.4 is 0 Å². The highest BCUT2D eigenvalue weighted by molar-refractivity contribution is 6.33. The Bertz CT molecular complexity index is 502. The van der Waals surface area contributed by atoms with Gasteiger partial charge in [0.05, 0.1) is 18.6 Å². The van der Waals surface area contributed by atoms with Crippen molar-refractivity contribution >= 4 is 23.5 Å². The predicted octanol–water partition coefficient (Wildman–Crippen LogP) is 8.77. The Labute approximate surface area is 209 Å². The van der Waals surface area contributed by atoms with Crippen LogP contribution in [0.15, 0.2) is 0 Å². The van der Waals surface area contributed by atoms with Gasteiger partial charge in [0, 0.05) is 0 Å². The van der Waals surface area contributed by atoms with E-state index in [1.54, 1.807) is 27.7 Å². The number of alkyl halides is 1. The van der Waals surface area contributed by atoms with E-state index < -0.39 is 16.3 Å². The van der Waals surface area contributed by atoms with Gasteiger partial charge < -0.3 is 9.47 Å². The van der Waals surface area contributed by atoms with Gasteiger partial charge in [0.25, 0.3) is 0 Å². The van der Waals surface area contributed by atoms with E-state index in [9.17, 15) is 9.59 Å². The van der Waals surface area contributed by atoms with Crippen molar-refractivity contribution in [1.82, 2.24) is 0 Å². The number of halogens is 1. The van der Waals surface area contributed by atoms with Gasteiger partial charge in [-0.15, -0.1) is 11.6 Å². The molecule has 0 radical (unpaired) electrons. The fourth-order valence-corrected chi connectivity index (χ4v) is 4.65. The molecule has 1 unspecified atom stereocenters. The van der Waals surface area contributed by atoms with Crippen molar-refractivity contribution in [2.75, 3.05) is 13.2 Å². The molecule has 0 saturated carbocycles. The summed E-state index contributed by atoms with van der Waals surface area (Å²) in [4.78, 5) is 23.2. The predicted molar refractivity (Wildman–Crippen MR) is 140 cm³/mol. The first kappa shape index (κ1) is 32.2. The van der Waals surface area contributed by atoms with Crippen LogP contribution in [-0.4, -0.2) is 30.0 Å². The van der Waals surface area contributed by atoms with Gasteiger partial charge in [0.15, 0.2) is 0 Å². The minimum atomic E-state index is -1.23. The van der Waals surface area contributed by atoms with Crippen molar-refractivity contribution in [1.29, 1.82) is 0 Å². The van der Waals surface area contributed by atoms with Gasteiger partial charge in [0.2, 0.25) is 0 Å². The lowest BCUT2D eigenvalue weighted by atomic mass is 9.83. The van der Waals surface area contributed by atoms with E-state index in [1.165, 1.54) is 89.9 Å². The molecule has 0 bridgehead atoms. The fraction of sp³-hybridized carbons (Fsp3) is 0.929. The molecule has 0 aromatic rings. The molecule has 196 valence electrons. The maximum Gasteiger partial charge on any atom is 0.326 e. The lowest BCUT2D eigenvalue weighted by molar-refractivity contribution is -0.156. The Morgan fingerprint density at radius 1 is 0.606 bits per heavy atom. The van der Waals surface area contributed by atoms with Gasteiger partial charge in [-0.25, -0.2) is 0 Å². The van der Waals surface area contributed by atoms with E-state index in [4.69, 9.17) is 21.1 Å². The molecule has 0 aromatic heterocycles. The molecule has 0 aliphatic heterocycles. The Morgan fingerprint density at radius 3 is 1.39 bits per heavy atom. The zero-order valence-corrected chi connectivity index (χ0v) is 23.2. The molecule has 0 saturated heterocycles. The largest absolute Gasteiger partial charge is 0.466 e. The van der Waals surface area contributed by atoms with Crippen LogP contribution in [0.3, 0.4) is 0 Å². The van der Waals surface area contributed by atoms with E-state index in [0.29, 0.717) is 13.2 Å². The summed E-state index contributed by atoms with van der Waals surface area (Å²) < 4.78 is 10.5. The summed E-state index contributed by atoms with van der Waals surface area (Å²) in [5.74, 6) is -0.801. The fourth-order valence-electron chi connectivity index (χ4n) is 4.27. The molecule has 0 fully saturated rings. The minimum Gasteiger partial charge on any atom is -0.466 e. The van der Waals surface area contributed by atoms with Gasteiger partial charge >= 0.3 is 11.9 Å². The Hall–Kier alpha value is -0.770. The van der Waals surface area contributed by atoms with E-state index in [0.717, 1.165) is 12.8 Å². The highest BCUT2D eigenvalue weighted by Crippen LogP contribution is 2.34. The number of unbranched alkanes of at least 4 members (excludes halogenated alkanes) is 15. The second kappa shape index (κ2) is 19.5. The monoisotopic (exact) mass is 488 g/mol.